The number of para-hydroxylation sites is 2. The first kappa shape index (κ1) is 18.3. The van der Waals surface area contributed by atoms with Gasteiger partial charge in [-0.2, -0.15) is 5.10 Å². The zero-order valence-electron chi connectivity index (χ0n) is 14.4. The van der Waals surface area contributed by atoms with E-state index in [2.05, 4.69) is 10.1 Å². The summed E-state index contributed by atoms with van der Waals surface area (Å²) in [6, 6.07) is 7.37. The van der Waals surface area contributed by atoms with Crippen molar-refractivity contribution < 1.29 is 22.7 Å². The maximum atomic E-state index is 12.0. The standard InChI is InChI=1S/C17H19N3O5S/c1-17(15(22)11-21,26(2,23)24)7-8-20-10-12(9-18-20)16-19-13-5-3-4-6-14(13)25-16/h3-6,9-10,21H,7-8,11H2,1-2H3/t17-/m1/s1. The van der Waals surface area contributed by atoms with E-state index >= 15 is 0 Å². The van der Waals surface area contributed by atoms with Crippen LogP contribution in [0.4, 0.5) is 0 Å². The summed E-state index contributed by atoms with van der Waals surface area (Å²) in [5, 5.41) is 13.3. The van der Waals surface area contributed by atoms with E-state index in [1.165, 1.54) is 11.6 Å². The van der Waals surface area contributed by atoms with Crippen molar-refractivity contribution >= 4 is 26.7 Å². The molecule has 0 saturated heterocycles. The van der Waals surface area contributed by atoms with E-state index in [9.17, 15) is 13.2 Å². The van der Waals surface area contributed by atoms with E-state index in [1.54, 1.807) is 12.4 Å². The molecule has 2 aromatic heterocycles. The van der Waals surface area contributed by atoms with Gasteiger partial charge in [-0.15, -0.1) is 0 Å². The Bertz CT molecular complexity index is 1020. The maximum Gasteiger partial charge on any atom is 0.230 e. The van der Waals surface area contributed by atoms with Gasteiger partial charge >= 0.3 is 0 Å². The lowest BCUT2D eigenvalue weighted by Crippen LogP contribution is -2.45. The van der Waals surface area contributed by atoms with E-state index < -0.39 is 27.0 Å². The van der Waals surface area contributed by atoms with Crippen LogP contribution in [0.5, 0.6) is 0 Å². The number of aryl methyl sites for hydroxylation is 1. The minimum absolute atomic E-state index is 0.0000937. The van der Waals surface area contributed by atoms with Gasteiger partial charge in [-0.1, -0.05) is 12.1 Å². The normalized spacial score (nSPS) is 14.4. The first-order valence-corrected chi connectivity index (χ1v) is 9.86. The highest BCUT2D eigenvalue weighted by Gasteiger charge is 2.42. The van der Waals surface area contributed by atoms with E-state index in [4.69, 9.17) is 9.52 Å². The fourth-order valence-electron chi connectivity index (χ4n) is 2.62. The fourth-order valence-corrected chi connectivity index (χ4v) is 3.56. The van der Waals surface area contributed by atoms with Gasteiger partial charge in [0.05, 0.1) is 11.8 Å². The van der Waals surface area contributed by atoms with Crippen molar-refractivity contribution in [3.8, 4) is 11.5 Å². The van der Waals surface area contributed by atoms with E-state index in [-0.39, 0.29) is 13.0 Å². The van der Waals surface area contributed by atoms with Gasteiger partial charge in [-0.05, 0) is 25.5 Å². The zero-order chi connectivity index (χ0) is 18.9. The third-order valence-electron chi connectivity index (χ3n) is 4.54. The lowest BCUT2D eigenvalue weighted by Gasteiger charge is -2.25. The third kappa shape index (κ3) is 3.27. The van der Waals surface area contributed by atoms with E-state index in [0.717, 1.165) is 11.8 Å². The summed E-state index contributed by atoms with van der Waals surface area (Å²) in [5.74, 6) is -0.318. The highest BCUT2D eigenvalue weighted by molar-refractivity contribution is 7.92. The number of carbonyl (C=O) groups excluding carboxylic acids is 1. The van der Waals surface area contributed by atoms with Crippen LogP contribution in [0.1, 0.15) is 13.3 Å². The Morgan fingerprint density at radius 3 is 2.73 bits per heavy atom. The minimum Gasteiger partial charge on any atom is -0.436 e. The molecule has 9 heteroatoms. The summed E-state index contributed by atoms with van der Waals surface area (Å²) in [6.07, 6.45) is 4.24. The summed E-state index contributed by atoms with van der Waals surface area (Å²) in [6.45, 7) is 0.693. The SMILES string of the molecule is C[C@@](CCn1cc(-c2nc3ccccc3o2)cn1)(C(=O)CO)S(C)(=O)=O. The number of hydrogen-bond donors (Lipinski definition) is 1. The summed E-state index contributed by atoms with van der Waals surface area (Å²) < 4.78 is 29.6. The molecule has 0 aliphatic rings. The van der Waals surface area contributed by atoms with Gasteiger partial charge in [0.25, 0.3) is 0 Å². The number of benzene rings is 1. The largest absolute Gasteiger partial charge is 0.436 e. The van der Waals surface area contributed by atoms with Gasteiger partial charge in [-0.25, -0.2) is 13.4 Å². The number of nitrogens with zero attached hydrogens (tertiary/aromatic N) is 3. The predicted molar refractivity (Wildman–Crippen MR) is 95.2 cm³/mol. The van der Waals surface area contributed by atoms with Crippen molar-refractivity contribution in [2.24, 2.45) is 0 Å². The number of ketones is 1. The minimum atomic E-state index is -3.69. The highest BCUT2D eigenvalue weighted by atomic mass is 32.2. The molecule has 0 saturated carbocycles. The van der Waals surface area contributed by atoms with Crippen molar-refractivity contribution in [3.05, 3.63) is 36.7 Å². The average molecular weight is 377 g/mol. The molecule has 8 nitrogen and oxygen atoms in total. The van der Waals surface area contributed by atoms with Crippen molar-refractivity contribution in [3.63, 3.8) is 0 Å². The molecule has 1 aromatic carbocycles. The Morgan fingerprint density at radius 2 is 2.08 bits per heavy atom. The predicted octanol–water partition coefficient (Wildman–Crippen LogP) is 1.45. The van der Waals surface area contributed by atoms with Crippen LogP contribution < -0.4 is 0 Å². The van der Waals surface area contributed by atoms with Crippen LogP contribution in [-0.4, -0.2) is 51.7 Å². The second-order valence-corrected chi connectivity index (χ2v) is 8.76. The summed E-state index contributed by atoms with van der Waals surface area (Å²) in [4.78, 5) is 16.3. The zero-order valence-corrected chi connectivity index (χ0v) is 15.2. The summed E-state index contributed by atoms with van der Waals surface area (Å²) in [7, 11) is -3.69. The Morgan fingerprint density at radius 1 is 1.35 bits per heavy atom. The monoisotopic (exact) mass is 377 g/mol. The quantitative estimate of drug-likeness (QED) is 0.662. The molecule has 0 fully saturated rings. The van der Waals surface area contributed by atoms with Crippen molar-refractivity contribution in [1.82, 2.24) is 14.8 Å². The van der Waals surface area contributed by atoms with Crippen molar-refractivity contribution in [2.75, 3.05) is 12.9 Å². The Hall–Kier alpha value is -2.52. The van der Waals surface area contributed by atoms with Crippen LogP contribution in [0.2, 0.25) is 0 Å². The van der Waals surface area contributed by atoms with Gasteiger partial charge in [0.15, 0.2) is 21.2 Å². The van der Waals surface area contributed by atoms with Crippen LogP contribution >= 0.6 is 0 Å². The van der Waals surface area contributed by atoms with Crippen LogP contribution in [0.15, 0.2) is 41.1 Å². The number of Topliss-reactive ketones (excluding diaryl/α,β-unsaturated/α-hetero) is 1. The Balaban J connectivity index is 1.81. The molecule has 0 spiro atoms. The van der Waals surface area contributed by atoms with Crippen molar-refractivity contribution in [2.45, 2.75) is 24.6 Å². The number of sulfone groups is 1. The van der Waals surface area contributed by atoms with Gasteiger partial charge in [-0.3, -0.25) is 9.48 Å². The topological polar surface area (TPSA) is 115 Å². The number of rotatable bonds is 7. The number of oxazole rings is 1. The lowest BCUT2D eigenvalue weighted by atomic mass is 10.0. The fraction of sp³-hybridized carbons (Fsp3) is 0.353. The van der Waals surface area contributed by atoms with E-state index in [1.807, 2.05) is 24.3 Å². The molecular formula is C17H19N3O5S. The van der Waals surface area contributed by atoms with E-state index in [0.29, 0.717) is 17.0 Å². The van der Waals surface area contributed by atoms with Crippen LogP contribution in [0, 0.1) is 0 Å². The van der Waals surface area contributed by atoms with Gasteiger partial charge < -0.3 is 9.52 Å². The molecular weight excluding hydrogens is 358 g/mol. The molecule has 0 bridgehead atoms. The Labute approximate surface area is 150 Å². The molecule has 3 aromatic rings. The molecule has 0 aliphatic carbocycles. The van der Waals surface area contributed by atoms with Crippen LogP contribution in [-0.2, 0) is 21.2 Å². The maximum absolute atomic E-state index is 12.0. The number of carbonyl (C=O) groups is 1. The summed E-state index contributed by atoms with van der Waals surface area (Å²) >= 11 is 0. The molecule has 0 radical (unpaired) electrons. The number of aliphatic hydroxyl groups excluding tert-OH is 1. The first-order chi connectivity index (χ1) is 12.2. The molecule has 1 atom stereocenters. The van der Waals surface area contributed by atoms with Gasteiger partial charge in [0.1, 0.15) is 16.9 Å². The number of aliphatic hydroxyl groups is 1. The molecule has 138 valence electrons. The molecule has 3 rings (SSSR count). The average Bonchev–Trinajstić information content (AvgIpc) is 3.24. The van der Waals surface area contributed by atoms with Gasteiger partial charge in [0.2, 0.25) is 5.89 Å². The second kappa shape index (κ2) is 6.65. The Kier molecular flexibility index (Phi) is 4.68. The molecule has 0 amide bonds. The molecule has 26 heavy (non-hydrogen) atoms. The van der Waals surface area contributed by atoms with Crippen molar-refractivity contribution in [1.29, 1.82) is 0 Å². The molecule has 0 aliphatic heterocycles. The first-order valence-electron chi connectivity index (χ1n) is 7.97. The smallest absolute Gasteiger partial charge is 0.230 e. The third-order valence-corrected chi connectivity index (χ3v) is 6.61. The number of fused-ring (bicyclic) bond motifs is 1. The highest BCUT2D eigenvalue weighted by Crippen LogP contribution is 2.25. The molecule has 0 unspecified atom stereocenters. The summed E-state index contributed by atoms with van der Waals surface area (Å²) in [5.41, 5.74) is 2.04. The lowest BCUT2D eigenvalue weighted by molar-refractivity contribution is -0.124. The molecule has 1 N–H and O–H groups in total. The van der Waals surface area contributed by atoms with Crippen LogP contribution in [0.25, 0.3) is 22.6 Å². The number of hydrogen-bond acceptors (Lipinski definition) is 7. The second-order valence-electron chi connectivity index (χ2n) is 6.31. The van der Waals surface area contributed by atoms with Crippen LogP contribution in [0.3, 0.4) is 0 Å². The van der Waals surface area contributed by atoms with Gasteiger partial charge in [0, 0.05) is 19.0 Å². The number of aromatic nitrogens is 3. The molecule has 2 heterocycles.